The number of Topliss-reactive ketones (excluding diaryl/α,β-unsaturated/α-hetero) is 1. The molecular formula is C25H23N3O5. The highest BCUT2D eigenvalue weighted by molar-refractivity contribution is 5.98. The third-order valence-electron chi connectivity index (χ3n) is 5.55. The number of carboxylic acid groups (broad SMARTS) is 1. The maximum atomic E-state index is 12.0. The zero-order valence-electron chi connectivity index (χ0n) is 18.4. The van der Waals surface area contributed by atoms with Gasteiger partial charge in [0.15, 0.2) is 11.5 Å². The fraction of sp³-hybridized carbons (Fsp3) is 0.160. The molecule has 1 unspecified atom stereocenters. The summed E-state index contributed by atoms with van der Waals surface area (Å²) < 4.78 is 12.6. The molecule has 168 valence electrons. The Morgan fingerprint density at radius 3 is 2.18 bits per heavy atom. The van der Waals surface area contributed by atoms with E-state index < -0.39 is 12.0 Å². The fourth-order valence-electron chi connectivity index (χ4n) is 3.93. The summed E-state index contributed by atoms with van der Waals surface area (Å²) in [6, 6.07) is 17.1. The van der Waals surface area contributed by atoms with Crippen molar-refractivity contribution in [3.05, 3.63) is 71.9 Å². The van der Waals surface area contributed by atoms with Crippen molar-refractivity contribution in [2.45, 2.75) is 13.0 Å². The van der Waals surface area contributed by atoms with Crippen LogP contribution >= 0.6 is 0 Å². The molecule has 1 heterocycles. The van der Waals surface area contributed by atoms with Gasteiger partial charge in [0.05, 0.1) is 37.2 Å². The second kappa shape index (κ2) is 8.76. The Labute approximate surface area is 190 Å². The van der Waals surface area contributed by atoms with Gasteiger partial charge < -0.3 is 20.3 Å². The Hall–Kier alpha value is -4.17. The molecule has 3 aromatic carbocycles. The van der Waals surface area contributed by atoms with Gasteiger partial charge in [0.2, 0.25) is 0 Å². The van der Waals surface area contributed by atoms with Crippen LogP contribution in [-0.2, 0) is 4.79 Å². The lowest BCUT2D eigenvalue weighted by Crippen LogP contribution is -2.19. The number of methoxy groups -OCH3 is 2. The maximum absolute atomic E-state index is 12.0. The summed E-state index contributed by atoms with van der Waals surface area (Å²) in [5.74, 6) is -0.304. The number of hydrogen-bond donors (Lipinski definition) is 2. The minimum Gasteiger partial charge on any atom is -0.496 e. The first kappa shape index (κ1) is 22.0. The van der Waals surface area contributed by atoms with Crippen molar-refractivity contribution in [2.24, 2.45) is 5.73 Å². The van der Waals surface area contributed by atoms with E-state index >= 15 is 0 Å². The second-order valence-electron chi connectivity index (χ2n) is 7.48. The number of nitrogens with two attached hydrogens (primary N) is 1. The predicted molar refractivity (Wildman–Crippen MR) is 124 cm³/mol. The Morgan fingerprint density at radius 2 is 1.61 bits per heavy atom. The molecule has 0 spiro atoms. The molecule has 1 aromatic heterocycles. The molecule has 8 heteroatoms. The normalized spacial score (nSPS) is 11.9. The zero-order chi connectivity index (χ0) is 23.7. The minimum absolute atomic E-state index is 0.133. The molecule has 4 aromatic rings. The summed E-state index contributed by atoms with van der Waals surface area (Å²) in [7, 11) is 3.06. The predicted octanol–water partition coefficient (Wildman–Crippen LogP) is 4.00. The topological polar surface area (TPSA) is 117 Å². The van der Waals surface area contributed by atoms with Crippen molar-refractivity contribution in [1.82, 2.24) is 9.78 Å². The molecule has 0 aliphatic carbocycles. The number of nitrogens with zero attached hydrogens (tertiary/aromatic N) is 2. The Morgan fingerprint density at radius 1 is 0.970 bits per heavy atom. The van der Waals surface area contributed by atoms with Gasteiger partial charge in [-0.1, -0.05) is 36.4 Å². The molecule has 1 atom stereocenters. The van der Waals surface area contributed by atoms with Crippen LogP contribution < -0.4 is 15.2 Å². The van der Waals surface area contributed by atoms with E-state index in [1.165, 1.54) is 27.2 Å². The highest BCUT2D eigenvalue weighted by atomic mass is 16.5. The Kier molecular flexibility index (Phi) is 5.85. The number of fused-ring (bicyclic) bond motifs is 1. The van der Waals surface area contributed by atoms with E-state index in [1.54, 1.807) is 35.0 Å². The standard InChI is InChI=1S/C25H23N3O5/c1-14(29)24(26)17-11-12-19(16-8-5-4-7-15(16)17)28-20(13-18(27-28)25(30)31)23-21(32-2)9-6-10-22(23)33-3/h4-13,24H,26H2,1-3H3,(H,30,31). The lowest BCUT2D eigenvalue weighted by molar-refractivity contribution is -0.118. The second-order valence-corrected chi connectivity index (χ2v) is 7.48. The average Bonchev–Trinajstić information content (AvgIpc) is 3.27. The monoisotopic (exact) mass is 445 g/mol. The van der Waals surface area contributed by atoms with Gasteiger partial charge in [0.1, 0.15) is 11.5 Å². The van der Waals surface area contributed by atoms with Crippen LogP contribution in [0, 0.1) is 0 Å². The molecule has 0 aliphatic heterocycles. The first-order valence-electron chi connectivity index (χ1n) is 10.2. The van der Waals surface area contributed by atoms with Gasteiger partial charge >= 0.3 is 5.97 Å². The molecule has 0 amide bonds. The third-order valence-corrected chi connectivity index (χ3v) is 5.55. The lowest BCUT2D eigenvalue weighted by atomic mass is 9.96. The minimum atomic E-state index is -1.16. The molecule has 0 radical (unpaired) electrons. The van der Waals surface area contributed by atoms with E-state index in [2.05, 4.69) is 5.10 Å². The van der Waals surface area contributed by atoms with Crippen LogP contribution in [0.2, 0.25) is 0 Å². The van der Waals surface area contributed by atoms with Crippen molar-refractivity contribution in [3.8, 4) is 28.4 Å². The van der Waals surface area contributed by atoms with Crippen molar-refractivity contribution >= 4 is 22.5 Å². The number of hydrogen-bond acceptors (Lipinski definition) is 6. The van der Waals surface area contributed by atoms with Crippen molar-refractivity contribution < 1.29 is 24.2 Å². The number of carbonyl (C=O) groups is 2. The number of carboxylic acids is 1. The molecule has 0 aliphatic rings. The van der Waals surface area contributed by atoms with Crippen LogP contribution in [0.3, 0.4) is 0 Å². The van der Waals surface area contributed by atoms with Crippen LogP contribution in [-0.4, -0.2) is 40.9 Å². The first-order valence-corrected chi connectivity index (χ1v) is 10.2. The van der Waals surface area contributed by atoms with Gasteiger partial charge in [0, 0.05) is 5.39 Å². The summed E-state index contributed by atoms with van der Waals surface area (Å²) in [4.78, 5) is 23.8. The average molecular weight is 445 g/mol. The highest BCUT2D eigenvalue weighted by Gasteiger charge is 2.24. The van der Waals surface area contributed by atoms with Crippen molar-refractivity contribution in [2.75, 3.05) is 14.2 Å². The first-order chi connectivity index (χ1) is 15.9. The van der Waals surface area contributed by atoms with Gasteiger partial charge in [-0.15, -0.1) is 0 Å². The van der Waals surface area contributed by atoms with Crippen molar-refractivity contribution in [3.63, 3.8) is 0 Å². The molecule has 0 fully saturated rings. The third kappa shape index (κ3) is 3.81. The van der Waals surface area contributed by atoms with Crippen LogP contribution in [0.5, 0.6) is 11.5 Å². The summed E-state index contributed by atoms with van der Waals surface area (Å²) in [6.07, 6.45) is 0. The molecule has 0 saturated heterocycles. The van der Waals surface area contributed by atoms with Gasteiger partial charge in [-0.3, -0.25) is 4.79 Å². The van der Waals surface area contributed by atoms with E-state index in [4.69, 9.17) is 15.2 Å². The molecule has 33 heavy (non-hydrogen) atoms. The molecule has 3 N–H and O–H groups in total. The van der Waals surface area contributed by atoms with E-state index in [0.717, 1.165) is 10.8 Å². The SMILES string of the molecule is COc1cccc(OC)c1-c1cc(C(=O)O)nn1-c1ccc(C(N)C(C)=O)c2ccccc12. The number of benzene rings is 3. The molecular weight excluding hydrogens is 422 g/mol. The van der Waals surface area contributed by atoms with Gasteiger partial charge in [0.25, 0.3) is 0 Å². The largest absolute Gasteiger partial charge is 0.496 e. The van der Waals surface area contributed by atoms with Crippen LogP contribution in [0.25, 0.3) is 27.7 Å². The van der Waals surface area contributed by atoms with Crippen LogP contribution in [0.15, 0.2) is 60.7 Å². The highest BCUT2D eigenvalue weighted by Crippen LogP contribution is 2.40. The molecule has 8 nitrogen and oxygen atoms in total. The Bertz CT molecular complexity index is 1350. The summed E-state index contributed by atoms with van der Waals surface area (Å²) in [5, 5.41) is 15.6. The lowest BCUT2D eigenvalue weighted by Gasteiger charge is -2.18. The maximum Gasteiger partial charge on any atom is 0.356 e. The summed E-state index contributed by atoms with van der Waals surface area (Å²) in [5.41, 5.74) is 8.38. The molecule has 4 rings (SSSR count). The van der Waals surface area contributed by atoms with Gasteiger partial charge in [-0.05, 0) is 42.1 Å². The molecule has 0 bridgehead atoms. The van der Waals surface area contributed by atoms with E-state index in [9.17, 15) is 14.7 Å². The van der Waals surface area contributed by atoms with Crippen LogP contribution in [0.1, 0.15) is 29.0 Å². The van der Waals surface area contributed by atoms with Crippen LogP contribution in [0.4, 0.5) is 0 Å². The van der Waals surface area contributed by atoms with E-state index in [1.807, 2.05) is 24.3 Å². The number of aromatic carboxylic acids is 1. The van der Waals surface area contributed by atoms with Gasteiger partial charge in [-0.2, -0.15) is 5.10 Å². The van der Waals surface area contributed by atoms with E-state index in [-0.39, 0.29) is 11.5 Å². The fourth-order valence-corrected chi connectivity index (χ4v) is 3.93. The zero-order valence-corrected chi connectivity index (χ0v) is 18.4. The number of ketones is 1. The number of carbonyl (C=O) groups excluding carboxylic acids is 1. The van der Waals surface area contributed by atoms with Crippen molar-refractivity contribution in [1.29, 1.82) is 0 Å². The smallest absolute Gasteiger partial charge is 0.356 e. The van der Waals surface area contributed by atoms with E-state index in [0.29, 0.717) is 34.0 Å². The quantitative estimate of drug-likeness (QED) is 0.442. The molecule has 0 saturated carbocycles. The summed E-state index contributed by atoms with van der Waals surface area (Å²) >= 11 is 0. The summed E-state index contributed by atoms with van der Waals surface area (Å²) in [6.45, 7) is 1.45. The number of ether oxygens (including phenoxy) is 2. The number of aromatic nitrogens is 2. The Balaban J connectivity index is 2.06. The number of rotatable bonds is 7. The van der Waals surface area contributed by atoms with Gasteiger partial charge in [-0.25, -0.2) is 9.48 Å².